The molecule has 0 fully saturated rings. The maximum atomic E-state index is 13.2. The number of carboxylic acid groups (broad SMARTS) is 1. The van der Waals surface area contributed by atoms with Gasteiger partial charge < -0.3 is 5.11 Å². The van der Waals surface area contributed by atoms with Gasteiger partial charge in [0.2, 0.25) is 0 Å². The molecule has 0 saturated carbocycles. The molecule has 0 amide bonds. The van der Waals surface area contributed by atoms with E-state index in [-0.39, 0.29) is 17.9 Å². The van der Waals surface area contributed by atoms with E-state index >= 15 is 0 Å². The summed E-state index contributed by atoms with van der Waals surface area (Å²) < 4.78 is 40.5. The first-order valence-corrected chi connectivity index (χ1v) is 9.31. The van der Waals surface area contributed by atoms with Gasteiger partial charge in [-0.05, 0) is 35.7 Å². The number of anilines is 1. The summed E-state index contributed by atoms with van der Waals surface area (Å²) in [6.07, 6.45) is -0.357. The van der Waals surface area contributed by atoms with E-state index in [1.807, 2.05) is 18.2 Å². The molecule has 0 unspecified atom stereocenters. The Morgan fingerprint density at radius 3 is 2.31 bits per heavy atom. The van der Waals surface area contributed by atoms with Crippen LogP contribution in [0.25, 0.3) is 10.8 Å². The standard InChI is InChI=1S/C19H16FNO4S/c20-15-8-10-16(11-9-15)26(24,25)21(13-12-19(22)23)18-7-3-5-14-4-1-2-6-17(14)18/h1-11H,12-13H2,(H,22,23). The zero-order chi connectivity index (χ0) is 18.7. The highest BCUT2D eigenvalue weighted by Crippen LogP contribution is 2.31. The van der Waals surface area contributed by atoms with Crippen molar-refractivity contribution < 1.29 is 22.7 Å². The lowest BCUT2D eigenvalue weighted by Crippen LogP contribution is -2.33. The van der Waals surface area contributed by atoms with Gasteiger partial charge in [-0.3, -0.25) is 9.10 Å². The Kier molecular flexibility index (Phi) is 4.90. The van der Waals surface area contributed by atoms with E-state index in [4.69, 9.17) is 5.11 Å². The summed E-state index contributed by atoms with van der Waals surface area (Å²) in [5.41, 5.74) is 0.383. The van der Waals surface area contributed by atoms with Crippen LogP contribution in [0, 0.1) is 5.82 Å². The van der Waals surface area contributed by atoms with Crippen LogP contribution in [0.5, 0.6) is 0 Å². The number of halogens is 1. The van der Waals surface area contributed by atoms with Gasteiger partial charge in [0.1, 0.15) is 5.82 Å². The number of aliphatic carboxylic acids is 1. The Hall–Kier alpha value is -2.93. The molecule has 0 heterocycles. The van der Waals surface area contributed by atoms with Crippen LogP contribution in [0.4, 0.5) is 10.1 Å². The topological polar surface area (TPSA) is 74.7 Å². The first-order chi connectivity index (χ1) is 12.4. The van der Waals surface area contributed by atoms with Crippen molar-refractivity contribution in [1.82, 2.24) is 0 Å². The predicted octanol–water partition coefficient (Wildman–Crippen LogP) is 3.65. The minimum absolute atomic E-state index is 0.0998. The molecule has 0 aliphatic rings. The zero-order valence-corrected chi connectivity index (χ0v) is 14.5. The van der Waals surface area contributed by atoms with Crippen molar-refractivity contribution in [3.05, 3.63) is 72.5 Å². The molecule has 134 valence electrons. The number of sulfonamides is 1. The van der Waals surface area contributed by atoms with Crippen molar-refractivity contribution in [2.45, 2.75) is 11.3 Å². The average Bonchev–Trinajstić information content (AvgIpc) is 2.62. The monoisotopic (exact) mass is 373 g/mol. The molecular formula is C19H16FNO4S. The molecule has 0 atom stereocenters. The van der Waals surface area contributed by atoms with Gasteiger partial charge in [-0.25, -0.2) is 12.8 Å². The van der Waals surface area contributed by atoms with E-state index in [9.17, 15) is 17.6 Å². The molecule has 3 aromatic rings. The van der Waals surface area contributed by atoms with E-state index in [2.05, 4.69) is 0 Å². The number of nitrogens with zero attached hydrogens (tertiary/aromatic N) is 1. The summed E-state index contributed by atoms with van der Waals surface area (Å²) >= 11 is 0. The molecule has 0 saturated heterocycles. The first kappa shape index (κ1) is 17.9. The average molecular weight is 373 g/mol. The zero-order valence-electron chi connectivity index (χ0n) is 13.7. The fraction of sp³-hybridized carbons (Fsp3) is 0.105. The van der Waals surface area contributed by atoms with Crippen LogP contribution in [0.3, 0.4) is 0 Å². The van der Waals surface area contributed by atoms with Crippen LogP contribution in [0.2, 0.25) is 0 Å². The summed E-state index contributed by atoms with van der Waals surface area (Å²) in [4.78, 5) is 10.9. The maximum absolute atomic E-state index is 13.2. The lowest BCUT2D eigenvalue weighted by molar-refractivity contribution is -0.136. The molecular weight excluding hydrogens is 357 g/mol. The van der Waals surface area contributed by atoms with E-state index in [0.29, 0.717) is 11.1 Å². The largest absolute Gasteiger partial charge is 0.481 e. The third kappa shape index (κ3) is 3.52. The number of rotatable bonds is 6. The highest BCUT2D eigenvalue weighted by molar-refractivity contribution is 7.92. The molecule has 0 aliphatic carbocycles. The van der Waals surface area contributed by atoms with Gasteiger partial charge in [0.05, 0.1) is 17.0 Å². The Labute approximate surface area is 150 Å². The van der Waals surface area contributed by atoms with Crippen LogP contribution < -0.4 is 4.31 Å². The Morgan fingerprint density at radius 1 is 0.962 bits per heavy atom. The second-order valence-electron chi connectivity index (χ2n) is 5.67. The fourth-order valence-electron chi connectivity index (χ4n) is 2.73. The van der Waals surface area contributed by atoms with Crippen LogP contribution in [-0.2, 0) is 14.8 Å². The lowest BCUT2D eigenvalue weighted by Gasteiger charge is -2.25. The van der Waals surface area contributed by atoms with Crippen LogP contribution in [0.15, 0.2) is 71.6 Å². The van der Waals surface area contributed by atoms with Crippen molar-refractivity contribution in [3.63, 3.8) is 0 Å². The van der Waals surface area contributed by atoms with Crippen molar-refractivity contribution in [1.29, 1.82) is 0 Å². The SMILES string of the molecule is O=C(O)CCN(c1cccc2ccccc12)S(=O)(=O)c1ccc(F)cc1. The van der Waals surface area contributed by atoms with Crippen LogP contribution in [0.1, 0.15) is 6.42 Å². The number of benzene rings is 3. The van der Waals surface area contributed by atoms with Gasteiger partial charge in [-0.15, -0.1) is 0 Å². The minimum Gasteiger partial charge on any atom is -0.481 e. The van der Waals surface area contributed by atoms with Crippen molar-refractivity contribution in [3.8, 4) is 0 Å². The van der Waals surface area contributed by atoms with Gasteiger partial charge in [0, 0.05) is 11.9 Å². The van der Waals surface area contributed by atoms with Crippen molar-refractivity contribution >= 4 is 32.5 Å². The highest BCUT2D eigenvalue weighted by atomic mass is 32.2. The van der Waals surface area contributed by atoms with Gasteiger partial charge in [-0.1, -0.05) is 36.4 Å². The van der Waals surface area contributed by atoms with E-state index in [0.717, 1.165) is 21.8 Å². The van der Waals surface area contributed by atoms with Gasteiger partial charge in [0.15, 0.2) is 0 Å². The highest BCUT2D eigenvalue weighted by Gasteiger charge is 2.26. The summed E-state index contributed by atoms with van der Waals surface area (Å²) in [7, 11) is -4.05. The van der Waals surface area contributed by atoms with E-state index in [1.165, 1.54) is 12.1 Å². The van der Waals surface area contributed by atoms with Gasteiger partial charge in [-0.2, -0.15) is 0 Å². The molecule has 0 aliphatic heterocycles. The number of carboxylic acids is 1. The predicted molar refractivity (Wildman–Crippen MR) is 97.1 cm³/mol. The third-order valence-electron chi connectivity index (χ3n) is 3.97. The van der Waals surface area contributed by atoms with Crippen LogP contribution >= 0.6 is 0 Å². The molecule has 0 spiro atoms. The summed E-state index contributed by atoms with van der Waals surface area (Å²) in [6.45, 7) is -0.233. The molecule has 5 nitrogen and oxygen atoms in total. The number of fused-ring (bicyclic) bond motifs is 1. The maximum Gasteiger partial charge on any atom is 0.305 e. The fourth-order valence-corrected chi connectivity index (χ4v) is 4.21. The first-order valence-electron chi connectivity index (χ1n) is 7.87. The molecule has 3 rings (SSSR count). The number of hydrogen-bond acceptors (Lipinski definition) is 3. The molecule has 0 radical (unpaired) electrons. The second kappa shape index (κ2) is 7.13. The van der Waals surface area contributed by atoms with Gasteiger partial charge in [0.25, 0.3) is 10.0 Å². The smallest absolute Gasteiger partial charge is 0.305 e. The Bertz CT molecular complexity index is 1040. The summed E-state index contributed by atoms with van der Waals surface area (Å²) in [5, 5.41) is 10.5. The Balaban J connectivity index is 2.16. The quantitative estimate of drug-likeness (QED) is 0.716. The minimum atomic E-state index is -4.05. The Morgan fingerprint density at radius 2 is 1.62 bits per heavy atom. The van der Waals surface area contributed by atoms with Crippen molar-refractivity contribution in [2.24, 2.45) is 0 Å². The molecule has 7 heteroatoms. The third-order valence-corrected chi connectivity index (χ3v) is 5.79. The summed E-state index contributed by atoms with van der Waals surface area (Å²) in [5.74, 6) is -1.66. The van der Waals surface area contributed by atoms with E-state index < -0.39 is 21.8 Å². The molecule has 26 heavy (non-hydrogen) atoms. The molecule has 0 aromatic heterocycles. The number of hydrogen-bond donors (Lipinski definition) is 1. The van der Waals surface area contributed by atoms with Crippen molar-refractivity contribution in [2.75, 3.05) is 10.8 Å². The lowest BCUT2D eigenvalue weighted by atomic mass is 10.1. The second-order valence-corrected chi connectivity index (χ2v) is 7.54. The number of carbonyl (C=O) groups is 1. The molecule has 1 N–H and O–H groups in total. The van der Waals surface area contributed by atoms with Gasteiger partial charge >= 0.3 is 5.97 Å². The normalized spacial score (nSPS) is 11.4. The summed E-state index contributed by atoms with van der Waals surface area (Å²) in [6, 6.07) is 16.9. The molecule has 0 bridgehead atoms. The molecule has 3 aromatic carbocycles. The van der Waals surface area contributed by atoms with E-state index in [1.54, 1.807) is 24.3 Å². The van der Waals surface area contributed by atoms with Crippen LogP contribution in [-0.4, -0.2) is 26.0 Å².